The Balaban J connectivity index is 2.68. The molecule has 3 atom stereocenters. The first-order valence-electron chi connectivity index (χ1n) is 5.96. The molecule has 0 aromatic rings. The number of hydrogen-bond acceptors (Lipinski definition) is 4. The summed E-state index contributed by atoms with van der Waals surface area (Å²) in [5.74, 6) is -10.3. The molecular weight excluding hydrogens is 291 g/mol. The van der Waals surface area contributed by atoms with E-state index in [1.54, 1.807) is 6.92 Å². The quantitative estimate of drug-likeness (QED) is 0.639. The molecule has 118 valence electrons. The second kappa shape index (κ2) is 5.44. The van der Waals surface area contributed by atoms with Gasteiger partial charge in [0.2, 0.25) is 0 Å². The number of ether oxygens (including phenoxy) is 2. The molecule has 4 nitrogen and oxygen atoms in total. The van der Waals surface area contributed by atoms with Crippen LogP contribution in [0.15, 0.2) is 0 Å². The van der Waals surface area contributed by atoms with Gasteiger partial charge in [-0.1, -0.05) is 13.8 Å². The van der Waals surface area contributed by atoms with E-state index in [0.717, 1.165) is 0 Å². The van der Waals surface area contributed by atoms with Crippen LogP contribution in [0.3, 0.4) is 0 Å². The molecule has 3 unspecified atom stereocenters. The van der Waals surface area contributed by atoms with Crippen LogP contribution in [0.25, 0.3) is 0 Å². The average molecular weight is 306 g/mol. The Labute approximate surface area is 111 Å². The molecule has 0 radical (unpaired) electrons. The molecule has 1 aliphatic heterocycles. The number of aliphatic hydroxyl groups is 1. The first-order valence-corrected chi connectivity index (χ1v) is 5.96. The van der Waals surface area contributed by atoms with Crippen LogP contribution in [-0.2, 0) is 14.3 Å². The van der Waals surface area contributed by atoms with Crippen molar-refractivity contribution in [3.8, 4) is 0 Å². The van der Waals surface area contributed by atoms with Crippen molar-refractivity contribution in [2.45, 2.75) is 50.7 Å². The molecule has 0 amide bonds. The molecule has 20 heavy (non-hydrogen) atoms. The number of halogens is 5. The van der Waals surface area contributed by atoms with Crippen molar-refractivity contribution in [2.75, 3.05) is 6.61 Å². The van der Waals surface area contributed by atoms with Gasteiger partial charge in [0.25, 0.3) is 0 Å². The highest BCUT2D eigenvalue weighted by atomic mass is 19.4. The summed E-state index contributed by atoms with van der Waals surface area (Å²) in [6.45, 7) is 2.45. The molecular formula is C11H15F5O4. The van der Waals surface area contributed by atoms with Crippen LogP contribution < -0.4 is 0 Å². The van der Waals surface area contributed by atoms with Crippen LogP contribution in [0.5, 0.6) is 0 Å². The van der Waals surface area contributed by atoms with Crippen LogP contribution in [0.4, 0.5) is 22.0 Å². The highest BCUT2D eigenvalue weighted by Crippen LogP contribution is 2.50. The lowest BCUT2D eigenvalue weighted by atomic mass is 10.1. The molecule has 1 aliphatic rings. The lowest BCUT2D eigenvalue weighted by molar-refractivity contribution is -0.407. The van der Waals surface area contributed by atoms with E-state index < -0.39 is 48.9 Å². The maximum atomic E-state index is 13.3. The van der Waals surface area contributed by atoms with Crippen molar-refractivity contribution >= 4 is 5.97 Å². The second-order valence-corrected chi connectivity index (χ2v) is 4.73. The van der Waals surface area contributed by atoms with E-state index in [2.05, 4.69) is 9.47 Å². The van der Waals surface area contributed by atoms with Gasteiger partial charge in [-0.15, -0.1) is 0 Å². The van der Waals surface area contributed by atoms with Gasteiger partial charge in [-0.25, -0.2) is 8.78 Å². The number of esters is 1. The summed E-state index contributed by atoms with van der Waals surface area (Å²) < 4.78 is 72.4. The Morgan fingerprint density at radius 2 is 2.05 bits per heavy atom. The number of alkyl halides is 5. The van der Waals surface area contributed by atoms with Crippen molar-refractivity contribution in [2.24, 2.45) is 5.92 Å². The summed E-state index contributed by atoms with van der Waals surface area (Å²) in [6, 6.07) is 0. The van der Waals surface area contributed by atoms with Crippen molar-refractivity contribution in [3.63, 3.8) is 0 Å². The fourth-order valence-electron chi connectivity index (χ4n) is 1.64. The van der Waals surface area contributed by atoms with Gasteiger partial charge < -0.3 is 14.6 Å². The van der Waals surface area contributed by atoms with Crippen molar-refractivity contribution in [3.05, 3.63) is 0 Å². The molecule has 0 aromatic carbocycles. The third kappa shape index (κ3) is 3.03. The van der Waals surface area contributed by atoms with E-state index in [9.17, 15) is 26.7 Å². The summed E-state index contributed by atoms with van der Waals surface area (Å²) >= 11 is 0. The van der Waals surface area contributed by atoms with Gasteiger partial charge in [-0.3, -0.25) is 4.79 Å². The van der Waals surface area contributed by atoms with Crippen LogP contribution in [0.1, 0.15) is 26.7 Å². The highest BCUT2D eigenvalue weighted by molar-refractivity contribution is 5.71. The lowest BCUT2D eigenvalue weighted by Crippen LogP contribution is -2.56. The standard InChI is InChI=1S/C11H15F5O4/c1-3-6(2)8(17)19-5-7-4-9(12,13)10(18,20-7)11(14,15)16/h6-7,18H,3-5H2,1-2H3. The van der Waals surface area contributed by atoms with E-state index in [1.165, 1.54) is 6.92 Å². The predicted octanol–water partition coefficient (Wildman–Crippen LogP) is 2.25. The Morgan fingerprint density at radius 1 is 1.50 bits per heavy atom. The Kier molecular flexibility index (Phi) is 4.65. The minimum absolute atomic E-state index is 0.438. The van der Waals surface area contributed by atoms with Gasteiger partial charge in [0.05, 0.1) is 5.92 Å². The molecule has 0 aromatic heterocycles. The maximum Gasteiger partial charge on any atom is 0.449 e. The molecule has 1 N–H and O–H groups in total. The molecule has 0 bridgehead atoms. The van der Waals surface area contributed by atoms with Crippen LogP contribution in [0, 0.1) is 5.92 Å². The molecule has 0 spiro atoms. The summed E-state index contributed by atoms with van der Waals surface area (Å²) in [5.41, 5.74) is 0. The largest absolute Gasteiger partial charge is 0.463 e. The molecule has 1 saturated heterocycles. The van der Waals surface area contributed by atoms with Gasteiger partial charge in [0, 0.05) is 6.42 Å². The zero-order chi connectivity index (χ0) is 15.8. The van der Waals surface area contributed by atoms with Crippen LogP contribution >= 0.6 is 0 Å². The normalized spacial score (nSPS) is 31.1. The molecule has 1 fully saturated rings. The van der Waals surface area contributed by atoms with E-state index in [-0.39, 0.29) is 0 Å². The van der Waals surface area contributed by atoms with Crippen molar-refractivity contribution in [1.29, 1.82) is 0 Å². The topological polar surface area (TPSA) is 55.8 Å². The van der Waals surface area contributed by atoms with Gasteiger partial charge >= 0.3 is 23.9 Å². The smallest absolute Gasteiger partial charge is 0.449 e. The second-order valence-electron chi connectivity index (χ2n) is 4.73. The monoisotopic (exact) mass is 306 g/mol. The highest BCUT2D eigenvalue weighted by Gasteiger charge is 2.75. The summed E-state index contributed by atoms with van der Waals surface area (Å²) in [4.78, 5) is 11.3. The Hall–Kier alpha value is -0.960. The van der Waals surface area contributed by atoms with E-state index >= 15 is 0 Å². The van der Waals surface area contributed by atoms with Gasteiger partial charge in [-0.05, 0) is 6.42 Å². The SMILES string of the molecule is CCC(C)C(=O)OCC1CC(F)(F)C(O)(C(F)(F)F)O1. The van der Waals surface area contributed by atoms with Crippen molar-refractivity contribution < 1.29 is 41.3 Å². The first-order chi connectivity index (χ1) is 8.94. The van der Waals surface area contributed by atoms with Crippen LogP contribution in [0.2, 0.25) is 0 Å². The summed E-state index contributed by atoms with van der Waals surface area (Å²) in [5, 5.41) is 9.01. The zero-order valence-corrected chi connectivity index (χ0v) is 10.8. The molecule has 1 rings (SSSR count). The van der Waals surface area contributed by atoms with E-state index in [0.29, 0.717) is 6.42 Å². The molecule has 9 heteroatoms. The summed E-state index contributed by atoms with van der Waals surface area (Å²) in [6.07, 6.45) is -8.31. The molecule has 0 aliphatic carbocycles. The number of hydrogen-bond donors (Lipinski definition) is 1. The fraction of sp³-hybridized carbons (Fsp3) is 0.909. The average Bonchev–Trinajstić information content (AvgIpc) is 2.56. The number of carbonyl (C=O) groups is 1. The van der Waals surface area contributed by atoms with E-state index in [1.807, 2.05) is 0 Å². The van der Waals surface area contributed by atoms with Crippen LogP contribution in [-0.4, -0.2) is 41.7 Å². The minimum atomic E-state index is -5.65. The number of carbonyl (C=O) groups excluding carboxylic acids is 1. The third-order valence-electron chi connectivity index (χ3n) is 3.13. The predicted molar refractivity (Wildman–Crippen MR) is 55.9 cm³/mol. The van der Waals surface area contributed by atoms with Crippen molar-refractivity contribution in [1.82, 2.24) is 0 Å². The fourth-order valence-corrected chi connectivity index (χ4v) is 1.64. The first kappa shape index (κ1) is 17.1. The number of rotatable bonds is 4. The van der Waals surface area contributed by atoms with Gasteiger partial charge in [0.1, 0.15) is 12.7 Å². The maximum absolute atomic E-state index is 13.3. The summed E-state index contributed by atoms with van der Waals surface area (Å²) in [7, 11) is 0. The Bertz CT molecular complexity index is 370. The van der Waals surface area contributed by atoms with E-state index in [4.69, 9.17) is 5.11 Å². The third-order valence-corrected chi connectivity index (χ3v) is 3.13. The zero-order valence-electron chi connectivity index (χ0n) is 10.8. The molecule has 1 heterocycles. The molecule has 0 saturated carbocycles. The van der Waals surface area contributed by atoms with Gasteiger partial charge in [-0.2, -0.15) is 13.2 Å². The van der Waals surface area contributed by atoms with Gasteiger partial charge in [0.15, 0.2) is 0 Å². The Morgan fingerprint density at radius 3 is 2.45 bits per heavy atom. The lowest BCUT2D eigenvalue weighted by Gasteiger charge is -2.29. The minimum Gasteiger partial charge on any atom is -0.463 e.